The molecular formula is C9H10FNO. The van der Waals surface area contributed by atoms with Gasteiger partial charge in [0.25, 0.3) is 0 Å². The molecule has 12 heavy (non-hydrogen) atoms. The number of ketones is 1. The molecule has 0 N–H and O–H groups in total. The maximum atomic E-state index is 12.3. The van der Waals surface area contributed by atoms with Gasteiger partial charge in [0.15, 0.2) is 5.78 Å². The Balaban J connectivity index is 2.90. The van der Waals surface area contributed by atoms with Crippen LogP contribution in [0.3, 0.4) is 0 Å². The van der Waals surface area contributed by atoms with E-state index >= 15 is 0 Å². The highest BCUT2D eigenvalue weighted by Gasteiger charge is 2.09. The second-order valence-corrected chi connectivity index (χ2v) is 2.89. The van der Waals surface area contributed by atoms with E-state index in [2.05, 4.69) is 4.98 Å². The van der Waals surface area contributed by atoms with Gasteiger partial charge in [-0.1, -0.05) is 13.8 Å². The summed E-state index contributed by atoms with van der Waals surface area (Å²) in [4.78, 5) is 14.7. The first-order chi connectivity index (χ1) is 5.61. The molecule has 0 atom stereocenters. The van der Waals surface area contributed by atoms with Gasteiger partial charge in [-0.3, -0.25) is 4.79 Å². The fraction of sp³-hybridized carbons (Fsp3) is 0.333. The standard InChI is InChI=1S/C9H10FNO/c1-6(2)9(12)7-3-4-8(10)11-5-7/h3-6H,1-2H3/i10-1. The topological polar surface area (TPSA) is 30.0 Å². The van der Waals surface area contributed by atoms with Crippen molar-refractivity contribution in [3.05, 3.63) is 29.8 Å². The van der Waals surface area contributed by atoms with Crippen molar-refractivity contribution in [3.63, 3.8) is 0 Å². The van der Waals surface area contributed by atoms with Crippen molar-refractivity contribution in [2.75, 3.05) is 0 Å². The van der Waals surface area contributed by atoms with Crippen LogP contribution in [0, 0.1) is 11.9 Å². The number of halogens is 1. The number of carbonyl (C=O) groups is 1. The monoisotopic (exact) mass is 166 g/mol. The number of carbonyl (C=O) groups excluding carboxylic acids is 1. The van der Waals surface area contributed by atoms with Crippen molar-refractivity contribution in [1.29, 1.82) is 0 Å². The molecule has 0 amide bonds. The molecule has 0 saturated heterocycles. The van der Waals surface area contributed by atoms with Crippen molar-refractivity contribution in [2.45, 2.75) is 13.8 Å². The zero-order valence-corrected chi connectivity index (χ0v) is 7.04. The van der Waals surface area contributed by atoms with Crippen molar-refractivity contribution in [3.8, 4) is 0 Å². The maximum Gasteiger partial charge on any atom is 0.212 e. The van der Waals surface area contributed by atoms with Gasteiger partial charge in [-0.25, -0.2) is 4.98 Å². The van der Waals surface area contributed by atoms with E-state index in [1.807, 2.05) is 0 Å². The van der Waals surface area contributed by atoms with Crippen LogP contribution < -0.4 is 0 Å². The molecule has 64 valence electrons. The average molecular weight is 166 g/mol. The molecule has 0 aromatic carbocycles. The third-order valence-corrected chi connectivity index (χ3v) is 1.54. The summed E-state index contributed by atoms with van der Waals surface area (Å²) in [5, 5.41) is 0. The van der Waals surface area contributed by atoms with Crippen molar-refractivity contribution in [1.82, 2.24) is 4.98 Å². The Morgan fingerprint density at radius 3 is 2.58 bits per heavy atom. The zero-order chi connectivity index (χ0) is 9.14. The molecule has 0 saturated carbocycles. The van der Waals surface area contributed by atoms with Crippen LogP contribution >= 0.6 is 0 Å². The molecule has 0 aliphatic heterocycles. The Morgan fingerprint density at radius 1 is 1.50 bits per heavy atom. The number of hydrogen-bond acceptors (Lipinski definition) is 2. The Morgan fingerprint density at radius 2 is 2.17 bits per heavy atom. The second-order valence-electron chi connectivity index (χ2n) is 2.89. The van der Waals surface area contributed by atoms with E-state index in [4.69, 9.17) is 0 Å². The third kappa shape index (κ3) is 1.87. The minimum atomic E-state index is -0.560. The van der Waals surface area contributed by atoms with Crippen LogP contribution in [0.5, 0.6) is 0 Å². The molecule has 0 unspecified atom stereocenters. The van der Waals surface area contributed by atoms with Crippen LogP contribution in [0.25, 0.3) is 0 Å². The summed E-state index contributed by atoms with van der Waals surface area (Å²) in [6.07, 6.45) is 1.26. The molecule has 0 radical (unpaired) electrons. The fourth-order valence-corrected chi connectivity index (χ4v) is 0.855. The van der Waals surface area contributed by atoms with Crippen LogP contribution in [-0.4, -0.2) is 10.8 Å². The van der Waals surface area contributed by atoms with E-state index in [9.17, 15) is 9.18 Å². The first-order valence-corrected chi connectivity index (χ1v) is 3.77. The van der Waals surface area contributed by atoms with Gasteiger partial charge in [-0.2, -0.15) is 4.39 Å². The largest absolute Gasteiger partial charge is 0.294 e. The molecule has 0 spiro atoms. The highest BCUT2D eigenvalue weighted by atomic mass is 18.2. The van der Waals surface area contributed by atoms with Crippen LogP contribution in [0.1, 0.15) is 24.2 Å². The molecule has 1 rings (SSSR count). The minimum Gasteiger partial charge on any atom is -0.294 e. The predicted molar refractivity (Wildman–Crippen MR) is 43.4 cm³/mol. The highest BCUT2D eigenvalue weighted by Crippen LogP contribution is 2.06. The molecule has 0 bridgehead atoms. The zero-order valence-electron chi connectivity index (χ0n) is 7.04. The minimum absolute atomic E-state index is 0.0116. The average Bonchev–Trinajstić information content (AvgIpc) is 2.04. The Bertz CT molecular complexity index is 279. The number of aromatic nitrogens is 1. The molecular weight excluding hydrogens is 156 g/mol. The second kappa shape index (κ2) is 3.43. The number of nitrogens with zero attached hydrogens (tertiary/aromatic N) is 1. The van der Waals surface area contributed by atoms with Crippen LogP contribution in [0.15, 0.2) is 18.3 Å². The van der Waals surface area contributed by atoms with E-state index in [1.54, 1.807) is 13.8 Å². The van der Waals surface area contributed by atoms with E-state index in [0.29, 0.717) is 5.56 Å². The van der Waals surface area contributed by atoms with E-state index in [0.717, 1.165) is 0 Å². The summed E-state index contributed by atoms with van der Waals surface area (Å²) in [6.45, 7) is 3.59. The van der Waals surface area contributed by atoms with Crippen molar-refractivity contribution >= 4 is 5.78 Å². The summed E-state index contributed by atoms with van der Waals surface area (Å²) >= 11 is 0. The van der Waals surface area contributed by atoms with E-state index in [1.165, 1.54) is 18.3 Å². The number of rotatable bonds is 2. The number of Topliss-reactive ketones (excluding diaryl/α,β-unsaturated/α-hetero) is 1. The predicted octanol–water partition coefficient (Wildman–Crippen LogP) is 2.06. The van der Waals surface area contributed by atoms with Gasteiger partial charge in [0.2, 0.25) is 5.95 Å². The Kier molecular flexibility index (Phi) is 2.53. The molecule has 0 aliphatic rings. The van der Waals surface area contributed by atoms with Crippen LogP contribution in [0.4, 0.5) is 4.39 Å². The van der Waals surface area contributed by atoms with Gasteiger partial charge in [0, 0.05) is 17.7 Å². The molecule has 2 nitrogen and oxygen atoms in total. The van der Waals surface area contributed by atoms with Gasteiger partial charge in [-0.15, -0.1) is 0 Å². The summed E-state index contributed by atoms with van der Waals surface area (Å²) in [5.74, 6) is -0.643. The SMILES string of the molecule is CC(C)C(=O)c1ccc([18F])nc1. The molecule has 1 heterocycles. The van der Waals surface area contributed by atoms with Gasteiger partial charge in [0.1, 0.15) is 0 Å². The van der Waals surface area contributed by atoms with Gasteiger partial charge in [0.05, 0.1) is 0 Å². The lowest BCUT2D eigenvalue weighted by Gasteiger charge is -2.01. The number of hydrogen-bond donors (Lipinski definition) is 0. The molecule has 1 aromatic rings. The van der Waals surface area contributed by atoms with E-state index in [-0.39, 0.29) is 11.7 Å². The van der Waals surface area contributed by atoms with Gasteiger partial charge >= 0.3 is 0 Å². The Hall–Kier alpha value is -1.25. The van der Waals surface area contributed by atoms with Crippen molar-refractivity contribution < 1.29 is 9.18 Å². The lowest BCUT2D eigenvalue weighted by molar-refractivity contribution is 0.0939. The van der Waals surface area contributed by atoms with Crippen LogP contribution in [-0.2, 0) is 0 Å². The summed E-state index contributed by atoms with van der Waals surface area (Å²) < 4.78 is 12.3. The smallest absolute Gasteiger partial charge is 0.212 e. The maximum absolute atomic E-state index is 12.3. The normalized spacial score (nSPS) is 10.3. The van der Waals surface area contributed by atoms with Crippen LogP contribution in [0.2, 0.25) is 0 Å². The first-order valence-electron chi connectivity index (χ1n) is 3.77. The van der Waals surface area contributed by atoms with Gasteiger partial charge in [-0.05, 0) is 12.1 Å². The molecule has 0 fully saturated rings. The quantitative estimate of drug-likeness (QED) is 0.497. The summed E-state index contributed by atoms with van der Waals surface area (Å²) in [5.41, 5.74) is 0.464. The Labute approximate surface area is 70.4 Å². The van der Waals surface area contributed by atoms with Gasteiger partial charge < -0.3 is 0 Å². The highest BCUT2D eigenvalue weighted by molar-refractivity contribution is 5.97. The molecule has 1 aromatic heterocycles. The first kappa shape index (κ1) is 8.84. The lowest BCUT2D eigenvalue weighted by Crippen LogP contribution is -2.07. The molecule has 3 heteroatoms. The van der Waals surface area contributed by atoms with E-state index < -0.39 is 5.95 Å². The summed E-state index contributed by atoms with van der Waals surface area (Å²) in [7, 11) is 0. The molecule has 0 aliphatic carbocycles. The fourth-order valence-electron chi connectivity index (χ4n) is 0.855. The van der Waals surface area contributed by atoms with Crippen molar-refractivity contribution in [2.24, 2.45) is 5.92 Å². The number of pyridine rings is 1. The lowest BCUT2D eigenvalue weighted by atomic mass is 10.0. The third-order valence-electron chi connectivity index (χ3n) is 1.54. The summed E-state index contributed by atoms with van der Waals surface area (Å²) in [6, 6.07) is 2.64.